The Bertz CT molecular complexity index is 759. The number of benzene rings is 1. The zero-order chi connectivity index (χ0) is 15.4. The van der Waals surface area contributed by atoms with Gasteiger partial charge in [-0.1, -0.05) is 36.9 Å². The topological polar surface area (TPSA) is 78.9 Å². The van der Waals surface area contributed by atoms with E-state index in [2.05, 4.69) is 21.9 Å². The van der Waals surface area contributed by atoms with Crippen LogP contribution >= 0.6 is 11.8 Å². The molecule has 2 N–H and O–H groups in total. The number of ether oxygens (including phenoxy) is 1. The molecule has 2 heterocycles. The van der Waals surface area contributed by atoms with Crippen LogP contribution in [0.15, 0.2) is 41.8 Å². The molecule has 22 heavy (non-hydrogen) atoms. The standard InChI is InChI=1S/C15H17N5OS/c1-2-22-15-19-12-13(16)17-10-18-14(12)20(15)8-9-21-11-6-4-3-5-7-11/h3-7,10H,2,8-9H2,1H3,(H2,16,17,18). The van der Waals surface area contributed by atoms with Gasteiger partial charge in [0.05, 0.1) is 6.54 Å². The van der Waals surface area contributed by atoms with Crippen molar-refractivity contribution in [1.82, 2.24) is 19.5 Å². The Labute approximate surface area is 132 Å². The Morgan fingerprint density at radius 2 is 2.05 bits per heavy atom. The number of aromatic nitrogens is 4. The number of fused-ring (bicyclic) bond motifs is 1. The Morgan fingerprint density at radius 1 is 1.23 bits per heavy atom. The number of thioether (sulfide) groups is 1. The summed E-state index contributed by atoms with van der Waals surface area (Å²) in [4.78, 5) is 12.9. The summed E-state index contributed by atoms with van der Waals surface area (Å²) in [5.41, 5.74) is 7.29. The van der Waals surface area contributed by atoms with E-state index in [1.165, 1.54) is 6.33 Å². The molecular formula is C15H17N5OS. The number of para-hydroxylation sites is 1. The van der Waals surface area contributed by atoms with Gasteiger partial charge in [-0.15, -0.1) is 0 Å². The van der Waals surface area contributed by atoms with E-state index < -0.39 is 0 Å². The summed E-state index contributed by atoms with van der Waals surface area (Å²) in [6, 6.07) is 9.75. The molecule has 0 aliphatic heterocycles. The maximum Gasteiger partial charge on any atom is 0.170 e. The third kappa shape index (κ3) is 2.99. The zero-order valence-corrected chi connectivity index (χ0v) is 13.1. The first-order valence-corrected chi connectivity index (χ1v) is 8.05. The van der Waals surface area contributed by atoms with Crippen LogP contribution < -0.4 is 10.5 Å². The van der Waals surface area contributed by atoms with Crippen LogP contribution in [0.4, 0.5) is 5.82 Å². The second-order valence-corrected chi connectivity index (χ2v) is 5.80. The van der Waals surface area contributed by atoms with Gasteiger partial charge in [0.2, 0.25) is 0 Å². The highest BCUT2D eigenvalue weighted by Gasteiger charge is 2.14. The molecule has 3 aromatic rings. The van der Waals surface area contributed by atoms with Gasteiger partial charge in [0.1, 0.15) is 18.7 Å². The molecule has 0 aliphatic rings. The highest BCUT2D eigenvalue weighted by atomic mass is 32.2. The van der Waals surface area contributed by atoms with E-state index in [1.807, 2.05) is 34.9 Å². The highest BCUT2D eigenvalue weighted by Crippen LogP contribution is 2.24. The second kappa shape index (κ2) is 6.65. The lowest BCUT2D eigenvalue weighted by molar-refractivity contribution is 0.295. The van der Waals surface area contributed by atoms with Crippen molar-refractivity contribution in [2.24, 2.45) is 0 Å². The quantitative estimate of drug-likeness (QED) is 0.704. The van der Waals surface area contributed by atoms with E-state index in [4.69, 9.17) is 10.5 Å². The maximum atomic E-state index is 5.89. The van der Waals surface area contributed by atoms with Gasteiger partial charge in [-0.25, -0.2) is 15.0 Å². The van der Waals surface area contributed by atoms with Crippen LogP contribution in [0.25, 0.3) is 11.2 Å². The molecule has 6 nitrogen and oxygen atoms in total. The predicted octanol–water partition coefficient (Wildman–Crippen LogP) is 2.60. The lowest BCUT2D eigenvalue weighted by atomic mass is 10.3. The maximum absolute atomic E-state index is 5.89. The molecule has 0 fully saturated rings. The molecule has 3 rings (SSSR count). The molecule has 1 aromatic carbocycles. The van der Waals surface area contributed by atoms with E-state index in [1.54, 1.807) is 11.8 Å². The van der Waals surface area contributed by atoms with Gasteiger partial charge < -0.3 is 15.0 Å². The molecule has 0 saturated heterocycles. The monoisotopic (exact) mass is 315 g/mol. The molecule has 0 saturated carbocycles. The number of hydrogen-bond acceptors (Lipinski definition) is 6. The lowest BCUT2D eigenvalue weighted by Crippen LogP contribution is -2.10. The molecule has 2 aromatic heterocycles. The molecule has 0 spiro atoms. The Hall–Kier alpha value is -2.28. The van der Waals surface area contributed by atoms with Crippen LogP contribution in [0, 0.1) is 0 Å². The first-order chi connectivity index (χ1) is 10.8. The smallest absolute Gasteiger partial charge is 0.170 e. The molecule has 114 valence electrons. The number of imidazole rings is 1. The molecule has 7 heteroatoms. The molecule has 0 unspecified atom stereocenters. The number of nitrogen functional groups attached to an aromatic ring is 1. The van der Waals surface area contributed by atoms with Crippen molar-refractivity contribution in [2.75, 3.05) is 18.1 Å². The van der Waals surface area contributed by atoms with Crippen molar-refractivity contribution >= 4 is 28.7 Å². The van der Waals surface area contributed by atoms with Crippen molar-refractivity contribution in [3.63, 3.8) is 0 Å². The summed E-state index contributed by atoms with van der Waals surface area (Å²) in [6.07, 6.45) is 1.47. The fourth-order valence-electron chi connectivity index (χ4n) is 2.15. The van der Waals surface area contributed by atoms with E-state index in [0.717, 1.165) is 22.3 Å². The van der Waals surface area contributed by atoms with Crippen molar-refractivity contribution < 1.29 is 4.74 Å². The van der Waals surface area contributed by atoms with Gasteiger partial charge in [0.25, 0.3) is 0 Å². The van der Waals surface area contributed by atoms with Gasteiger partial charge in [-0.05, 0) is 17.9 Å². The van der Waals surface area contributed by atoms with E-state index in [9.17, 15) is 0 Å². The first kappa shape index (κ1) is 14.6. The molecule has 0 radical (unpaired) electrons. The van der Waals surface area contributed by atoms with Crippen LogP contribution in [0.2, 0.25) is 0 Å². The average molecular weight is 315 g/mol. The third-order valence-corrected chi connectivity index (χ3v) is 3.98. The van der Waals surface area contributed by atoms with Crippen LogP contribution in [0.1, 0.15) is 6.92 Å². The zero-order valence-electron chi connectivity index (χ0n) is 12.3. The van der Waals surface area contributed by atoms with Gasteiger partial charge in [-0.3, -0.25) is 0 Å². The normalized spacial score (nSPS) is 11.0. The minimum atomic E-state index is 0.408. The molecule has 0 atom stereocenters. The van der Waals surface area contributed by atoms with Crippen molar-refractivity contribution in [3.8, 4) is 5.75 Å². The predicted molar refractivity (Wildman–Crippen MR) is 88.1 cm³/mol. The molecule has 0 aliphatic carbocycles. The lowest BCUT2D eigenvalue weighted by Gasteiger charge is -2.09. The summed E-state index contributed by atoms with van der Waals surface area (Å²) >= 11 is 1.66. The fraction of sp³-hybridized carbons (Fsp3) is 0.267. The van der Waals surface area contributed by atoms with Crippen LogP contribution in [0.5, 0.6) is 5.75 Å². The largest absolute Gasteiger partial charge is 0.492 e. The Kier molecular flexibility index (Phi) is 4.43. The Balaban J connectivity index is 1.82. The molecule has 0 bridgehead atoms. The number of nitrogens with zero attached hydrogens (tertiary/aromatic N) is 4. The number of hydrogen-bond donors (Lipinski definition) is 1. The van der Waals surface area contributed by atoms with Crippen LogP contribution in [-0.4, -0.2) is 31.9 Å². The molecular weight excluding hydrogens is 298 g/mol. The van der Waals surface area contributed by atoms with Gasteiger partial charge >= 0.3 is 0 Å². The van der Waals surface area contributed by atoms with Gasteiger partial charge in [0.15, 0.2) is 22.1 Å². The SMILES string of the molecule is CCSc1nc2c(N)ncnc2n1CCOc1ccccc1. The van der Waals surface area contributed by atoms with E-state index in [0.29, 0.717) is 24.5 Å². The van der Waals surface area contributed by atoms with Crippen LogP contribution in [0.3, 0.4) is 0 Å². The van der Waals surface area contributed by atoms with Crippen molar-refractivity contribution in [1.29, 1.82) is 0 Å². The first-order valence-electron chi connectivity index (χ1n) is 7.07. The number of anilines is 1. The third-order valence-electron chi connectivity index (χ3n) is 3.13. The molecule has 0 amide bonds. The van der Waals surface area contributed by atoms with Gasteiger partial charge in [0, 0.05) is 0 Å². The number of nitrogens with two attached hydrogens (primary N) is 1. The summed E-state index contributed by atoms with van der Waals surface area (Å²) < 4.78 is 7.79. The second-order valence-electron chi connectivity index (χ2n) is 4.57. The summed E-state index contributed by atoms with van der Waals surface area (Å²) in [5.74, 6) is 2.19. The van der Waals surface area contributed by atoms with E-state index >= 15 is 0 Å². The average Bonchev–Trinajstić information content (AvgIpc) is 2.88. The Morgan fingerprint density at radius 3 is 2.82 bits per heavy atom. The number of rotatable bonds is 6. The van der Waals surface area contributed by atoms with Crippen molar-refractivity contribution in [3.05, 3.63) is 36.7 Å². The van der Waals surface area contributed by atoms with Crippen molar-refractivity contribution in [2.45, 2.75) is 18.6 Å². The van der Waals surface area contributed by atoms with Gasteiger partial charge in [-0.2, -0.15) is 0 Å². The van der Waals surface area contributed by atoms with E-state index in [-0.39, 0.29) is 0 Å². The summed E-state index contributed by atoms with van der Waals surface area (Å²) in [6.45, 7) is 3.28. The highest BCUT2D eigenvalue weighted by molar-refractivity contribution is 7.99. The fourth-order valence-corrected chi connectivity index (χ4v) is 2.89. The summed E-state index contributed by atoms with van der Waals surface area (Å²) in [7, 11) is 0. The summed E-state index contributed by atoms with van der Waals surface area (Å²) in [5, 5.41) is 0.890. The van der Waals surface area contributed by atoms with Crippen LogP contribution in [-0.2, 0) is 6.54 Å². The minimum absolute atomic E-state index is 0.408. The minimum Gasteiger partial charge on any atom is -0.492 e.